The Morgan fingerprint density at radius 1 is 1.36 bits per heavy atom. The second kappa shape index (κ2) is 8.30. The van der Waals surface area contributed by atoms with E-state index in [-0.39, 0.29) is 19.4 Å². The first-order valence-corrected chi connectivity index (χ1v) is 8.87. The van der Waals surface area contributed by atoms with Crippen LogP contribution in [0.4, 0.5) is 4.79 Å². The van der Waals surface area contributed by atoms with Crippen LogP contribution in [0.5, 0.6) is 11.5 Å². The third-order valence-electron chi connectivity index (χ3n) is 4.29. The summed E-state index contributed by atoms with van der Waals surface area (Å²) in [6.45, 7) is 5.95. The summed E-state index contributed by atoms with van der Waals surface area (Å²) >= 11 is 0. The number of rotatable bonds is 2. The molecule has 1 aliphatic heterocycles. The summed E-state index contributed by atoms with van der Waals surface area (Å²) in [5.74, 6) is 1.32. The van der Waals surface area contributed by atoms with Gasteiger partial charge in [0.1, 0.15) is 17.1 Å². The molecule has 1 unspecified atom stereocenters. The summed E-state index contributed by atoms with van der Waals surface area (Å²) in [5.41, 5.74) is 1.72. The molecule has 0 N–H and O–H groups in total. The molecule has 0 aliphatic carbocycles. The van der Waals surface area contributed by atoms with Gasteiger partial charge in [-0.15, -0.1) is 0 Å². The zero-order valence-electron chi connectivity index (χ0n) is 16.0. The zero-order valence-corrected chi connectivity index (χ0v) is 16.0. The fourth-order valence-corrected chi connectivity index (χ4v) is 3.07. The first kappa shape index (κ1) is 21.2. The lowest BCUT2D eigenvalue weighted by atomic mass is 9.92. The maximum Gasteiger partial charge on any atom is 0.410 e. The molecular weight excluding hydrogens is 354 g/mol. The van der Waals surface area contributed by atoms with Crippen molar-refractivity contribution in [2.24, 2.45) is 0 Å². The number of hydrogen-bond donors (Lipinski definition) is 0. The molecule has 28 heavy (non-hydrogen) atoms. The average molecular weight is 381 g/mol. The highest BCUT2D eigenvalue weighted by molar-refractivity contribution is 5.68. The smallest absolute Gasteiger partial charge is 0.410 e. The number of hydrogen-bond acceptors (Lipinski definition) is 5. The van der Waals surface area contributed by atoms with Gasteiger partial charge in [-0.25, -0.2) is 4.79 Å². The van der Waals surface area contributed by atoms with Gasteiger partial charge in [0.25, 0.3) is 0 Å². The van der Waals surface area contributed by atoms with Crippen molar-refractivity contribution in [1.29, 1.82) is 5.26 Å². The third kappa shape index (κ3) is 4.80. The molecule has 1 aliphatic rings. The van der Waals surface area contributed by atoms with Gasteiger partial charge in [-0.2, -0.15) is 5.26 Å². The van der Waals surface area contributed by atoms with Crippen LogP contribution in [0.25, 0.3) is 0 Å². The minimum atomic E-state index is -0.558. The third-order valence-corrected chi connectivity index (χ3v) is 4.29. The van der Waals surface area contributed by atoms with Crippen molar-refractivity contribution < 1.29 is 14.3 Å². The second-order valence-corrected chi connectivity index (χ2v) is 7.68. The summed E-state index contributed by atoms with van der Waals surface area (Å²) in [7, 11) is 1.72. The Bertz CT molecular complexity index is 897. The average Bonchev–Trinajstić information content (AvgIpc) is 2.76. The molecule has 1 aromatic carbocycles. The number of carbonyl (C=O) groups is 1. The van der Waals surface area contributed by atoms with E-state index in [1.165, 1.54) is 0 Å². The molecule has 148 valence electrons. The lowest BCUT2D eigenvalue weighted by Gasteiger charge is -2.27. The molecule has 3 rings (SSSR count). The SMILES string of the molecule is C.CN(CC1Cc2ncccc2Oc2ccc(C#N)cc21)C(=O)OC(C)(C)C. The maximum absolute atomic E-state index is 12.4. The number of likely N-dealkylation sites (N-methyl/N-ethyl adjacent to an activating group) is 1. The van der Waals surface area contributed by atoms with E-state index in [0.717, 1.165) is 11.3 Å². The highest BCUT2D eigenvalue weighted by atomic mass is 16.6. The standard InChI is InChI=1S/C21H23N3O3.CH4/c1-21(2,3)27-20(25)24(4)13-15-11-17-19(6-5-9-23-17)26-18-8-7-14(12-22)10-16(15)18;/h5-10,15H,11,13H2,1-4H3;1H4. The van der Waals surface area contributed by atoms with Gasteiger partial charge in [0.15, 0.2) is 0 Å². The van der Waals surface area contributed by atoms with Gasteiger partial charge >= 0.3 is 6.09 Å². The van der Waals surface area contributed by atoms with Gasteiger partial charge in [-0.1, -0.05) is 7.43 Å². The van der Waals surface area contributed by atoms with E-state index >= 15 is 0 Å². The number of pyridine rings is 1. The number of nitriles is 1. The van der Waals surface area contributed by atoms with E-state index in [2.05, 4.69) is 11.1 Å². The predicted octanol–water partition coefficient (Wildman–Crippen LogP) is 4.89. The molecule has 0 saturated heterocycles. The van der Waals surface area contributed by atoms with Crippen LogP contribution in [0.15, 0.2) is 36.5 Å². The van der Waals surface area contributed by atoms with Gasteiger partial charge in [0, 0.05) is 37.7 Å². The summed E-state index contributed by atoms with van der Waals surface area (Å²) in [5, 5.41) is 9.28. The molecular formula is C22H27N3O3. The van der Waals surface area contributed by atoms with Crippen LogP contribution in [0.3, 0.4) is 0 Å². The summed E-state index contributed by atoms with van der Waals surface area (Å²) < 4.78 is 11.5. The van der Waals surface area contributed by atoms with Gasteiger partial charge in [0.05, 0.1) is 17.3 Å². The van der Waals surface area contributed by atoms with Gasteiger partial charge in [-0.05, 0) is 51.1 Å². The van der Waals surface area contributed by atoms with E-state index in [0.29, 0.717) is 30.0 Å². The zero-order chi connectivity index (χ0) is 19.6. The number of ether oxygens (including phenoxy) is 2. The van der Waals surface area contributed by atoms with Crippen molar-refractivity contribution >= 4 is 6.09 Å². The number of fused-ring (bicyclic) bond motifs is 2. The summed E-state index contributed by atoms with van der Waals surface area (Å²) in [6.07, 6.45) is 1.95. The van der Waals surface area contributed by atoms with E-state index in [4.69, 9.17) is 9.47 Å². The van der Waals surface area contributed by atoms with Crippen molar-refractivity contribution in [2.75, 3.05) is 13.6 Å². The molecule has 1 amide bonds. The molecule has 0 fully saturated rings. The Labute approximate surface area is 166 Å². The Hall–Kier alpha value is -3.07. The molecule has 6 nitrogen and oxygen atoms in total. The monoisotopic (exact) mass is 381 g/mol. The Balaban J connectivity index is 0.00000280. The lowest BCUT2D eigenvalue weighted by molar-refractivity contribution is 0.0288. The second-order valence-electron chi connectivity index (χ2n) is 7.68. The minimum Gasteiger partial charge on any atom is -0.455 e. The molecule has 0 bridgehead atoms. The first-order valence-electron chi connectivity index (χ1n) is 8.87. The number of carbonyl (C=O) groups excluding carboxylic acids is 1. The number of nitrogens with zero attached hydrogens (tertiary/aromatic N) is 3. The maximum atomic E-state index is 12.4. The number of benzene rings is 1. The minimum absolute atomic E-state index is 0. The fourth-order valence-electron chi connectivity index (χ4n) is 3.07. The van der Waals surface area contributed by atoms with Crippen molar-refractivity contribution in [3.05, 3.63) is 53.3 Å². The van der Waals surface area contributed by atoms with Crippen molar-refractivity contribution in [3.63, 3.8) is 0 Å². The van der Waals surface area contributed by atoms with E-state index in [1.807, 2.05) is 39.0 Å². The molecule has 2 aromatic rings. The Kier molecular flexibility index (Phi) is 6.30. The van der Waals surface area contributed by atoms with Crippen LogP contribution in [0.2, 0.25) is 0 Å². The summed E-state index contributed by atoms with van der Waals surface area (Å²) in [4.78, 5) is 18.4. The van der Waals surface area contributed by atoms with Gasteiger partial charge in [-0.3, -0.25) is 4.98 Å². The first-order chi connectivity index (χ1) is 12.8. The predicted molar refractivity (Wildman–Crippen MR) is 108 cm³/mol. The van der Waals surface area contributed by atoms with E-state index < -0.39 is 5.60 Å². The lowest BCUT2D eigenvalue weighted by Crippen LogP contribution is -2.36. The van der Waals surface area contributed by atoms with Crippen LogP contribution < -0.4 is 4.74 Å². The fraction of sp³-hybridized carbons (Fsp3) is 0.409. The molecule has 1 atom stereocenters. The van der Waals surface area contributed by atoms with E-state index in [1.54, 1.807) is 30.3 Å². The van der Waals surface area contributed by atoms with Crippen LogP contribution in [-0.4, -0.2) is 35.2 Å². The number of aromatic nitrogens is 1. The van der Waals surface area contributed by atoms with Crippen molar-refractivity contribution in [3.8, 4) is 17.6 Å². The van der Waals surface area contributed by atoms with Crippen LogP contribution in [-0.2, 0) is 11.2 Å². The van der Waals surface area contributed by atoms with Crippen LogP contribution in [0.1, 0.15) is 50.9 Å². The molecule has 0 radical (unpaired) electrons. The molecule has 0 saturated carbocycles. The normalized spacial score (nSPS) is 14.9. The van der Waals surface area contributed by atoms with Crippen LogP contribution in [0, 0.1) is 11.3 Å². The quantitative estimate of drug-likeness (QED) is 0.740. The largest absolute Gasteiger partial charge is 0.455 e. The Morgan fingerprint density at radius 2 is 2.11 bits per heavy atom. The van der Waals surface area contributed by atoms with Gasteiger partial charge < -0.3 is 14.4 Å². The molecule has 1 aromatic heterocycles. The summed E-state index contributed by atoms with van der Waals surface area (Å²) in [6, 6.07) is 11.2. The van der Waals surface area contributed by atoms with Crippen LogP contribution >= 0.6 is 0 Å². The highest BCUT2D eigenvalue weighted by Crippen LogP contribution is 2.39. The topological polar surface area (TPSA) is 75.5 Å². The Morgan fingerprint density at radius 3 is 2.79 bits per heavy atom. The molecule has 0 spiro atoms. The van der Waals surface area contributed by atoms with E-state index in [9.17, 15) is 10.1 Å². The van der Waals surface area contributed by atoms with Crippen molar-refractivity contribution in [1.82, 2.24) is 9.88 Å². The highest BCUT2D eigenvalue weighted by Gasteiger charge is 2.28. The van der Waals surface area contributed by atoms with Gasteiger partial charge in [0.2, 0.25) is 0 Å². The number of amides is 1. The molecule has 2 heterocycles. The molecule has 6 heteroatoms. The van der Waals surface area contributed by atoms with Crippen molar-refractivity contribution in [2.45, 2.75) is 46.1 Å².